The number of ether oxygens (including phenoxy) is 1. The lowest BCUT2D eigenvalue weighted by Gasteiger charge is -2.17. The fraction of sp³-hybridized carbons (Fsp3) is 0.389. The largest absolute Gasteiger partial charge is 0.492 e. The molecule has 2 aromatic rings. The molecule has 1 aromatic carbocycles. The van der Waals surface area contributed by atoms with Crippen LogP contribution in [0.2, 0.25) is 0 Å². The highest BCUT2D eigenvalue weighted by Crippen LogP contribution is 2.48. The van der Waals surface area contributed by atoms with Gasteiger partial charge in [0.2, 0.25) is 5.91 Å². The fourth-order valence-electron chi connectivity index (χ4n) is 2.68. The highest BCUT2D eigenvalue weighted by atomic mass is 16.5. The van der Waals surface area contributed by atoms with Crippen LogP contribution in [0.5, 0.6) is 5.75 Å². The van der Waals surface area contributed by atoms with Gasteiger partial charge >= 0.3 is 0 Å². The summed E-state index contributed by atoms with van der Waals surface area (Å²) < 4.78 is 11.1. The van der Waals surface area contributed by atoms with Gasteiger partial charge in [0.25, 0.3) is 0 Å². The van der Waals surface area contributed by atoms with E-state index in [4.69, 9.17) is 9.15 Å². The first-order chi connectivity index (χ1) is 10.6. The van der Waals surface area contributed by atoms with E-state index in [1.165, 1.54) is 5.56 Å². The van der Waals surface area contributed by atoms with E-state index in [-0.39, 0.29) is 17.7 Å². The summed E-state index contributed by atoms with van der Waals surface area (Å²) in [6, 6.07) is 11.7. The molecule has 0 spiro atoms. The third kappa shape index (κ3) is 3.32. The Morgan fingerprint density at radius 3 is 2.95 bits per heavy atom. The molecule has 0 bridgehead atoms. The molecule has 1 aliphatic rings. The zero-order valence-electron chi connectivity index (χ0n) is 13.0. The molecule has 2 atom stereocenters. The van der Waals surface area contributed by atoms with Crippen molar-refractivity contribution in [2.75, 3.05) is 20.2 Å². The summed E-state index contributed by atoms with van der Waals surface area (Å²) in [4.78, 5) is 14.1. The Morgan fingerprint density at radius 1 is 1.36 bits per heavy atom. The number of furan rings is 1. The first-order valence-corrected chi connectivity index (χ1v) is 7.63. The fourth-order valence-corrected chi connectivity index (χ4v) is 2.68. The van der Waals surface area contributed by atoms with E-state index in [1.807, 2.05) is 50.4 Å². The predicted molar refractivity (Wildman–Crippen MR) is 83.9 cm³/mol. The van der Waals surface area contributed by atoms with Crippen LogP contribution in [-0.2, 0) is 4.79 Å². The van der Waals surface area contributed by atoms with Crippen molar-refractivity contribution in [3.05, 3.63) is 54.0 Å². The minimum absolute atomic E-state index is 0.0649. The normalized spacial score (nSPS) is 19.7. The van der Waals surface area contributed by atoms with Gasteiger partial charge < -0.3 is 14.1 Å². The topological polar surface area (TPSA) is 42.7 Å². The molecule has 1 heterocycles. The lowest BCUT2D eigenvalue weighted by molar-refractivity contribution is -0.131. The number of amides is 1. The number of likely N-dealkylation sites (N-methyl/N-ethyl adjacent to an activating group) is 1. The second kappa shape index (κ2) is 6.26. The molecule has 3 rings (SSSR count). The van der Waals surface area contributed by atoms with E-state index in [1.54, 1.807) is 11.2 Å². The van der Waals surface area contributed by atoms with Crippen LogP contribution in [0, 0.1) is 12.8 Å². The van der Waals surface area contributed by atoms with Crippen LogP contribution in [0.15, 0.2) is 47.1 Å². The first kappa shape index (κ1) is 14.7. The zero-order valence-corrected chi connectivity index (χ0v) is 13.0. The van der Waals surface area contributed by atoms with Gasteiger partial charge in [-0.1, -0.05) is 12.1 Å². The summed E-state index contributed by atoms with van der Waals surface area (Å²) in [5, 5.41) is 0. The van der Waals surface area contributed by atoms with Crippen LogP contribution in [0.4, 0.5) is 0 Å². The summed E-state index contributed by atoms with van der Waals surface area (Å²) in [6.07, 6.45) is 2.55. The number of benzene rings is 1. The summed E-state index contributed by atoms with van der Waals surface area (Å²) in [6.45, 7) is 3.13. The minimum atomic E-state index is 0.0649. The molecule has 1 aromatic heterocycles. The standard InChI is InChI=1S/C18H21NO3/c1-13-5-3-6-14(11-13)21-10-8-19(2)18(20)16-12-15(16)17-7-4-9-22-17/h3-7,9,11,15-16H,8,10,12H2,1-2H3. The maximum absolute atomic E-state index is 12.3. The molecule has 2 unspecified atom stereocenters. The third-order valence-corrected chi connectivity index (χ3v) is 4.08. The van der Waals surface area contributed by atoms with E-state index in [0.29, 0.717) is 13.2 Å². The number of aryl methyl sites for hydroxylation is 1. The number of carbonyl (C=O) groups excluding carboxylic acids is 1. The van der Waals surface area contributed by atoms with Gasteiger partial charge in [-0.3, -0.25) is 4.79 Å². The van der Waals surface area contributed by atoms with Crippen LogP contribution in [0.3, 0.4) is 0 Å². The molecule has 1 fully saturated rings. The Hall–Kier alpha value is -2.23. The van der Waals surface area contributed by atoms with Gasteiger partial charge in [0.15, 0.2) is 0 Å². The maximum atomic E-state index is 12.3. The first-order valence-electron chi connectivity index (χ1n) is 7.63. The van der Waals surface area contributed by atoms with E-state index in [0.717, 1.165) is 17.9 Å². The lowest BCUT2D eigenvalue weighted by Crippen LogP contribution is -2.32. The van der Waals surface area contributed by atoms with Crippen LogP contribution in [0.25, 0.3) is 0 Å². The van der Waals surface area contributed by atoms with Gasteiger partial charge in [-0.15, -0.1) is 0 Å². The van der Waals surface area contributed by atoms with Gasteiger partial charge in [-0.2, -0.15) is 0 Å². The molecule has 4 nitrogen and oxygen atoms in total. The monoisotopic (exact) mass is 299 g/mol. The minimum Gasteiger partial charge on any atom is -0.492 e. The zero-order chi connectivity index (χ0) is 15.5. The summed E-state index contributed by atoms with van der Waals surface area (Å²) in [5.74, 6) is 2.26. The van der Waals surface area contributed by atoms with E-state index >= 15 is 0 Å². The Bertz CT molecular complexity index is 636. The second-order valence-electron chi connectivity index (χ2n) is 5.89. The average Bonchev–Trinajstić information content (AvgIpc) is 3.11. The quantitative estimate of drug-likeness (QED) is 0.822. The molecule has 0 radical (unpaired) electrons. The molecular weight excluding hydrogens is 278 g/mol. The number of hydrogen-bond acceptors (Lipinski definition) is 3. The average molecular weight is 299 g/mol. The van der Waals surface area contributed by atoms with Crippen molar-refractivity contribution >= 4 is 5.91 Å². The van der Waals surface area contributed by atoms with Crippen LogP contribution in [-0.4, -0.2) is 31.0 Å². The highest BCUT2D eigenvalue weighted by molar-refractivity contribution is 5.82. The maximum Gasteiger partial charge on any atom is 0.226 e. The van der Waals surface area contributed by atoms with Gasteiger partial charge in [0.1, 0.15) is 18.1 Å². The number of rotatable bonds is 6. The van der Waals surface area contributed by atoms with E-state index in [2.05, 4.69) is 0 Å². The molecule has 22 heavy (non-hydrogen) atoms. The smallest absolute Gasteiger partial charge is 0.226 e. The lowest BCUT2D eigenvalue weighted by atomic mass is 10.2. The van der Waals surface area contributed by atoms with Gasteiger partial charge in [0, 0.05) is 18.9 Å². The third-order valence-electron chi connectivity index (χ3n) is 4.08. The SMILES string of the molecule is Cc1cccc(OCCN(C)C(=O)C2CC2c2ccco2)c1. The molecule has 0 N–H and O–H groups in total. The van der Waals surface area contributed by atoms with Gasteiger partial charge in [-0.05, 0) is 43.2 Å². The molecule has 1 amide bonds. The second-order valence-corrected chi connectivity index (χ2v) is 5.89. The molecule has 1 aliphatic carbocycles. The highest BCUT2D eigenvalue weighted by Gasteiger charge is 2.46. The Balaban J connectivity index is 1.44. The summed E-state index contributed by atoms with van der Waals surface area (Å²) in [7, 11) is 1.83. The number of hydrogen-bond donors (Lipinski definition) is 0. The van der Waals surface area contributed by atoms with Crippen molar-refractivity contribution in [2.24, 2.45) is 5.92 Å². The van der Waals surface area contributed by atoms with E-state index < -0.39 is 0 Å². The molecule has 116 valence electrons. The van der Waals surface area contributed by atoms with Crippen LogP contribution in [0.1, 0.15) is 23.7 Å². The van der Waals surface area contributed by atoms with Crippen molar-refractivity contribution in [1.29, 1.82) is 0 Å². The summed E-state index contributed by atoms with van der Waals surface area (Å²) in [5.41, 5.74) is 1.17. The number of carbonyl (C=O) groups is 1. The van der Waals surface area contributed by atoms with Gasteiger partial charge in [0.05, 0.1) is 12.8 Å². The van der Waals surface area contributed by atoms with E-state index in [9.17, 15) is 4.79 Å². The Morgan fingerprint density at radius 2 is 2.23 bits per heavy atom. The Labute approximate surface area is 130 Å². The predicted octanol–water partition coefficient (Wildman–Crippen LogP) is 3.23. The van der Waals surface area contributed by atoms with Crippen molar-refractivity contribution in [3.63, 3.8) is 0 Å². The summed E-state index contributed by atoms with van der Waals surface area (Å²) >= 11 is 0. The van der Waals surface area contributed by atoms with Crippen molar-refractivity contribution in [2.45, 2.75) is 19.3 Å². The number of nitrogens with zero attached hydrogens (tertiary/aromatic N) is 1. The van der Waals surface area contributed by atoms with Crippen LogP contribution < -0.4 is 4.74 Å². The van der Waals surface area contributed by atoms with Crippen molar-refractivity contribution in [3.8, 4) is 5.75 Å². The molecule has 0 saturated heterocycles. The van der Waals surface area contributed by atoms with Crippen molar-refractivity contribution in [1.82, 2.24) is 4.90 Å². The van der Waals surface area contributed by atoms with Crippen LogP contribution >= 0.6 is 0 Å². The molecule has 0 aliphatic heterocycles. The van der Waals surface area contributed by atoms with Crippen molar-refractivity contribution < 1.29 is 13.9 Å². The Kier molecular flexibility index (Phi) is 4.18. The molecule has 1 saturated carbocycles. The molecular formula is C18H21NO3. The molecule has 4 heteroatoms. The van der Waals surface area contributed by atoms with Gasteiger partial charge in [-0.25, -0.2) is 0 Å².